The molecule has 130 valence electrons. The van der Waals surface area contributed by atoms with E-state index in [1.165, 1.54) is 16.6 Å². The highest BCUT2D eigenvalue weighted by atomic mass is 32.2. The summed E-state index contributed by atoms with van der Waals surface area (Å²) in [6, 6.07) is 9.72. The molecule has 5 nitrogen and oxygen atoms in total. The van der Waals surface area contributed by atoms with Gasteiger partial charge in [0.25, 0.3) is 5.91 Å². The molecule has 3 rings (SSSR count). The molecule has 0 aliphatic carbocycles. The monoisotopic (exact) mass is 372 g/mol. The molecule has 1 amide bonds. The molecule has 1 unspecified atom stereocenters. The first-order valence-corrected chi connectivity index (χ1v) is 10.0. The van der Waals surface area contributed by atoms with Crippen LogP contribution in [0.15, 0.2) is 46.9 Å². The van der Waals surface area contributed by atoms with Gasteiger partial charge in [-0.2, -0.15) is 5.10 Å². The van der Waals surface area contributed by atoms with Gasteiger partial charge in [0.05, 0.1) is 11.3 Å². The average Bonchev–Trinajstić information content (AvgIpc) is 3.25. The van der Waals surface area contributed by atoms with Crippen molar-refractivity contribution in [2.45, 2.75) is 24.9 Å². The SMILES string of the molecule is CSc1ncccc1C(=O)NCC(c1cccs1)n1nc(C)cc1C. The number of carbonyl (C=O) groups is 1. The van der Waals surface area contributed by atoms with Crippen LogP contribution in [0.3, 0.4) is 0 Å². The maximum Gasteiger partial charge on any atom is 0.254 e. The Morgan fingerprint density at radius 1 is 1.36 bits per heavy atom. The van der Waals surface area contributed by atoms with Crippen molar-refractivity contribution in [2.75, 3.05) is 12.8 Å². The Balaban J connectivity index is 1.82. The van der Waals surface area contributed by atoms with Crippen molar-refractivity contribution in [3.63, 3.8) is 0 Å². The summed E-state index contributed by atoms with van der Waals surface area (Å²) >= 11 is 3.14. The van der Waals surface area contributed by atoms with Gasteiger partial charge in [0.15, 0.2) is 0 Å². The Kier molecular flexibility index (Phi) is 5.55. The molecule has 1 atom stereocenters. The summed E-state index contributed by atoms with van der Waals surface area (Å²) in [6.45, 7) is 4.49. The Hall–Kier alpha value is -2.12. The number of thioether (sulfide) groups is 1. The minimum atomic E-state index is -0.111. The topological polar surface area (TPSA) is 59.8 Å². The molecule has 0 aliphatic heterocycles. The molecule has 0 saturated carbocycles. The average molecular weight is 373 g/mol. The summed E-state index contributed by atoms with van der Waals surface area (Å²) < 4.78 is 1.99. The van der Waals surface area contributed by atoms with Crippen molar-refractivity contribution < 1.29 is 4.79 Å². The molecule has 25 heavy (non-hydrogen) atoms. The van der Waals surface area contributed by atoms with Gasteiger partial charge in [0.1, 0.15) is 11.1 Å². The van der Waals surface area contributed by atoms with Gasteiger partial charge in [-0.1, -0.05) is 6.07 Å². The number of nitrogens with zero attached hydrogens (tertiary/aromatic N) is 3. The molecule has 3 heterocycles. The zero-order chi connectivity index (χ0) is 17.8. The van der Waals surface area contributed by atoms with Crippen molar-refractivity contribution in [1.29, 1.82) is 0 Å². The van der Waals surface area contributed by atoms with Crippen LogP contribution in [0.1, 0.15) is 32.7 Å². The van der Waals surface area contributed by atoms with Crippen LogP contribution in [-0.4, -0.2) is 33.5 Å². The lowest BCUT2D eigenvalue weighted by Crippen LogP contribution is -2.32. The molecule has 3 aromatic rings. The number of hydrogen-bond acceptors (Lipinski definition) is 5. The lowest BCUT2D eigenvalue weighted by Gasteiger charge is -2.19. The standard InChI is InChI=1S/C18H20N4OS2/c1-12-10-13(2)22(21-12)15(16-7-5-9-25-16)11-20-17(23)14-6-4-8-19-18(14)24-3/h4-10,15H,11H2,1-3H3,(H,20,23). The first-order chi connectivity index (χ1) is 12.1. The number of aromatic nitrogens is 3. The molecule has 7 heteroatoms. The van der Waals surface area contributed by atoms with Crippen molar-refractivity contribution in [3.8, 4) is 0 Å². The number of nitrogens with one attached hydrogen (secondary N) is 1. The maximum absolute atomic E-state index is 12.6. The number of pyridine rings is 1. The van der Waals surface area contributed by atoms with Gasteiger partial charge in [-0.25, -0.2) is 4.98 Å². The summed E-state index contributed by atoms with van der Waals surface area (Å²) in [7, 11) is 0. The van der Waals surface area contributed by atoms with E-state index in [0.717, 1.165) is 16.4 Å². The lowest BCUT2D eigenvalue weighted by atomic mass is 10.2. The highest BCUT2D eigenvalue weighted by Crippen LogP contribution is 2.24. The molecule has 3 aromatic heterocycles. The van der Waals surface area contributed by atoms with E-state index in [-0.39, 0.29) is 11.9 Å². The van der Waals surface area contributed by atoms with Crippen LogP contribution < -0.4 is 5.32 Å². The summed E-state index contributed by atoms with van der Waals surface area (Å²) in [4.78, 5) is 18.1. The predicted octanol–water partition coefficient (Wildman–Crippen LogP) is 3.70. The van der Waals surface area contributed by atoms with E-state index in [1.807, 2.05) is 36.2 Å². The Bertz CT molecular complexity index is 858. The second kappa shape index (κ2) is 7.84. The lowest BCUT2D eigenvalue weighted by molar-refractivity contribution is 0.0945. The molecular formula is C18H20N4OS2. The number of carbonyl (C=O) groups excluding carboxylic acids is 1. The van der Waals surface area contributed by atoms with Gasteiger partial charge in [-0.05, 0) is 49.7 Å². The largest absolute Gasteiger partial charge is 0.349 e. The molecule has 0 aliphatic rings. The Morgan fingerprint density at radius 2 is 2.20 bits per heavy atom. The van der Waals surface area contributed by atoms with Gasteiger partial charge < -0.3 is 5.32 Å². The summed E-state index contributed by atoms with van der Waals surface area (Å²) in [5.41, 5.74) is 2.66. The first-order valence-electron chi connectivity index (χ1n) is 7.93. The van der Waals surface area contributed by atoms with Gasteiger partial charge in [0, 0.05) is 23.3 Å². The zero-order valence-corrected chi connectivity index (χ0v) is 16.0. The fraction of sp³-hybridized carbons (Fsp3) is 0.278. The summed E-state index contributed by atoms with van der Waals surface area (Å²) in [5.74, 6) is -0.111. The van der Waals surface area contributed by atoms with E-state index in [2.05, 4.69) is 27.5 Å². The molecule has 0 aromatic carbocycles. The summed E-state index contributed by atoms with van der Waals surface area (Å²) in [6.07, 6.45) is 3.62. The quantitative estimate of drug-likeness (QED) is 0.670. The van der Waals surface area contributed by atoms with Crippen LogP contribution in [0.2, 0.25) is 0 Å². The van der Waals surface area contributed by atoms with Gasteiger partial charge in [0.2, 0.25) is 0 Å². The Labute approximate surface area is 155 Å². The molecule has 1 N–H and O–H groups in total. The molecule has 0 saturated heterocycles. The third kappa shape index (κ3) is 3.93. The highest BCUT2D eigenvalue weighted by Gasteiger charge is 2.20. The smallest absolute Gasteiger partial charge is 0.254 e. The van der Waals surface area contributed by atoms with E-state index in [9.17, 15) is 4.79 Å². The van der Waals surface area contributed by atoms with Crippen LogP contribution in [0.5, 0.6) is 0 Å². The third-order valence-electron chi connectivity index (χ3n) is 3.88. The van der Waals surface area contributed by atoms with Crippen LogP contribution in [-0.2, 0) is 0 Å². The van der Waals surface area contributed by atoms with Crippen LogP contribution in [0.25, 0.3) is 0 Å². The number of hydrogen-bond donors (Lipinski definition) is 1. The Morgan fingerprint density at radius 3 is 2.84 bits per heavy atom. The number of thiophene rings is 1. The highest BCUT2D eigenvalue weighted by molar-refractivity contribution is 7.98. The molecule has 0 bridgehead atoms. The van der Waals surface area contributed by atoms with E-state index >= 15 is 0 Å². The second-order valence-electron chi connectivity index (χ2n) is 5.67. The molecule has 0 radical (unpaired) electrons. The predicted molar refractivity (Wildman–Crippen MR) is 103 cm³/mol. The number of aryl methyl sites for hydroxylation is 2. The second-order valence-corrected chi connectivity index (χ2v) is 7.45. The minimum absolute atomic E-state index is 0.0212. The molecule has 0 spiro atoms. The van der Waals surface area contributed by atoms with E-state index < -0.39 is 0 Å². The minimum Gasteiger partial charge on any atom is -0.349 e. The van der Waals surface area contributed by atoms with Gasteiger partial charge >= 0.3 is 0 Å². The van der Waals surface area contributed by atoms with Crippen molar-refractivity contribution in [1.82, 2.24) is 20.1 Å². The fourth-order valence-electron chi connectivity index (χ4n) is 2.76. The zero-order valence-electron chi connectivity index (χ0n) is 14.4. The van der Waals surface area contributed by atoms with Gasteiger partial charge in [-0.3, -0.25) is 9.48 Å². The van der Waals surface area contributed by atoms with E-state index in [0.29, 0.717) is 12.1 Å². The normalized spacial score (nSPS) is 12.1. The van der Waals surface area contributed by atoms with Crippen molar-refractivity contribution in [3.05, 3.63) is 63.7 Å². The first kappa shape index (κ1) is 17.7. The number of rotatable bonds is 6. The molecule has 0 fully saturated rings. The van der Waals surface area contributed by atoms with Gasteiger partial charge in [-0.15, -0.1) is 23.1 Å². The van der Waals surface area contributed by atoms with Crippen LogP contribution in [0.4, 0.5) is 0 Å². The number of amides is 1. The van der Waals surface area contributed by atoms with Crippen molar-refractivity contribution in [2.24, 2.45) is 0 Å². The van der Waals surface area contributed by atoms with Crippen molar-refractivity contribution >= 4 is 29.0 Å². The van der Waals surface area contributed by atoms with Crippen LogP contribution in [0, 0.1) is 13.8 Å². The van der Waals surface area contributed by atoms with E-state index in [4.69, 9.17) is 0 Å². The maximum atomic E-state index is 12.6. The van der Waals surface area contributed by atoms with Crippen LogP contribution >= 0.6 is 23.1 Å². The molecular weight excluding hydrogens is 352 g/mol. The third-order valence-corrected chi connectivity index (χ3v) is 5.56. The fourth-order valence-corrected chi connectivity index (χ4v) is 4.12. The van der Waals surface area contributed by atoms with E-state index in [1.54, 1.807) is 29.7 Å². The summed E-state index contributed by atoms with van der Waals surface area (Å²) in [5, 5.41) is 10.4.